The van der Waals surface area contributed by atoms with Crippen molar-refractivity contribution < 1.29 is 14.2 Å². The zero-order valence-corrected chi connectivity index (χ0v) is 11.5. The zero-order valence-electron chi connectivity index (χ0n) is 11.5. The Bertz CT molecular complexity index is 275. The second-order valence-electron chi connectivity index (χ2n) is 6.25. The molecule has 0 aromatic rings. The lowest BCUT2D eigenvalue weighted by molar-refractivity contribution is -0.188. The number of ether oxygens (including phenoxy) is 3. The van der Waals surface area contributed by atoms with Crippen LogP contribution in [0.5, 0.6) is 0 Å². The maximum absolute atomic E-state index is 6.19. The normalized spacial score (nSPS) is 44.8. The largest absolute Gasteiger partial charge is 0.381 e. The SMILES string of the molecule is CCC12COCCC1CC(OC1CCCCO1)C2. The lowest BCUT2D eigenvalue weighted by atomic mass is 9.74. The molecule has 3 rings (SSSR count). The van der Waals surface area contributed by atoms with Crippen molar-refractivity contribution in [3.05, 3.63) is 0 Å². The predicted molar refractivity (Wildman–Crippen MR) is 69.3 cm³/mol. The summed E-state index contributed by atoms with van der Waals surface area (Å²) in [6.45, 7) is 5.07. The minimum atomic E-state index is 0.0683. The first-order valence-electron chi connectivity index (χ1n) is 7.67. The van der Waals surface area contributed by atoms with Gasteiger partial charge in [0, 0.05) is 13.2 Å². The van der Waals surface area contributed by atoms with Gasteiger partial charge in [0.05, 0.1) is 12.7 Å². The molecule has 3 nitrogen and oxygen atoms in total. The summed E-state index contributed by atoms with van der Waals surface area (Å²) >= 11 is 0. The third-order valence-corrected chi connectivity index (χ3v) is 5.23. The average Bonchev–Trinajstić information content (AvgIpc) is 2.78. The lowest BCUT2D eigenvalue weighted by Gasteiger charge is -2.38. The summed E-state index contributed by atoms with van der Waals surface area (Å²) in [5, 5.41) is 0. The van der Waals surface area contributed by atoms with Crippen LogP contribution in [0.3, 0.4) is 0 Å². The third kappa shape index (κ3) is 2.45. The van der Waals surface area contributed by atoms with Gasteiger partial charge in [-0.2, -0.15) is 0 Å². The average molecular weight is 254 g/mol. The fraction of sp³-hybridized carbons (Fsp3) is 1.00. The van der Waals surface area contributed by atoms with Gasteiger partial charge in [0.15, 0.2) is 6.29 Å². The first-order valence-corrected chi connectivity index (χ1v) is 7.67. The van der Waals surface area contributed by atoms with Crippen LogP contribution in [-0.4, -0.2) is 32.2 Å². The number of hydrogen-bond acceptors (Lipinski definition) is 3. The lowest BCUT2D eigenvalue weighted by Crippen LogP contribution is -2.36. The number of rotatable bonds is 3. The molecule has 1 saturated carbocycles. The summed E-state index contributed by atoms with van der Waals surface area (Å²) in [6, 6.07) is 0. The van der Waals surface area contributed by atoms with E-state index in [-0.39, 0.29) is 6.29 Å². The Balaban J connectivity index is 1.58. The second kappa shape index (κ2) is 5.48. The van der Waals surface area contributed by atoms with E-state index >= 15 is 0 Å². The number of hydrogen-bond donors (Lipinski definition) is 0. The fourth-order valence-electron chi connectivity index (χ4n) is 4.04. The minimum absolute atomic E-state index is 0.0683. The van der Waals surface area contributed by atoms with E-state index < -0.39 is 0 Å². The zero-order chi connectivity index (χ0) is 12.4. The Labute approximate surface area is 110 Å². The van der Waals surface area contributed by atoms with Crippen LogP contribution in [0.1, 0.15) is 51.9 Å². The highest BCUT2D eigenvalue weighted by Gasteiger charge is 2.48. The van der Waals surface area contributed by atoms with Crippen LogP contribution in [0.15, 0.2) is 0 Å². The summed E-state index contributed by atoms with van der Waals surface area (Å²) in [7, 11) is 0. The van der Waals surface area contributed by atoms with Crippen molar-refractivity contribution in [1.82, 2.24) is 0 Å². The molecule has 18 heavy (non-hydrogen) atoms. The van der Waals surface area contributed by atoms with E-state index in [0.29, 0.717) is 11.5 Å². The van der Waals surface area contributed by atoms with Crippen LogP contribution >= 0.6 is 0 Å². The summed E-state index contributed by atoms with van der Waals surface area (Å²) in [4.78, 5) is 0. The quantitative estimate of drug-likeness (QED) is 0.774. The molecule has 2 saturated heterocycles. The first kappa shape index (κ1) is 12.9. The van der Waals surface area contributed by atoms with Crippen molar-refractivity contribution in [2.45, 2.75) is 64.3 Å². The van der Waals surface area contributed by atoms with Gasteiger partial charge in [0.25, 0.3) is 0 Å². The molecule has 0 N–H and O–H groups in total. The summed E-state index contributed by atoms with van der Waals surface area (Å²) in [5.41, 5.74) is 0.400. The summed E-state index contributed by atoms with van der Waals surface area (Å²) in [6.07, 6.45) is 8.84. The highest BCUT2D eigenvalue weighted by atomic mass is 16.7. The minimum Gasteiger partial charge on any atom is -0.381 e. The van der Waals surface area contributed by atoms with E-state index in [1.54, 1.807) is 0 Å². The molecule has 2 heterocycles. The van der Waals surface area contributed by atoms with Crippen molar-refractivity contribution >= 4 is 0 Å². The van der Waals surface area contributed by atoms with Crippen molar-refractivity contribution in [1.29, 1.82) is 0 Å². The van der Waals surface area contributed by atoms with Gasteiger partial charge < -0.3 is 14.2 Å². The maximum atomic E-state index is 6.19. The maximum Gasteiger partial charge on any atom is 0.157 e. The Hall–Kier alpha value is -0.120. The van der Waals surface area contributed by atoms with Gasteiger partial charge >= 0.3 is 0 Å². The summed E-state index contributed by atoms with van der Waals surface area (Å²) < 4.78 is 17.6. The van der Waals surface area contributed by atoms with E-state index in [0.717, 1.165) is 32.2 Å². The topological polar surface area (TPSA) is 27.7 Å². The van der Waals surface area contributed by atoms with E-state index in [1.165, 1.54) is 38.5 Å². The molecule has 0 bridgehead atoms. The molecular weight excluding hydrogens is 228 g/mol. The molecule has 4 atom stereocenters. The molecule has 3 heteroatoms. The Kier molecular flexibility index (Phi) is 3.92. The van der Waals surface area contributed by atoms with Crippen molar-refractivity contribution in [3.63, 3.8) is 0 Å². The molecule has 2 aliphatic heterocycles. The Morgan fingerprint density at radius 2 is 2.17 bits per heavy atom. The standard InChI is InChI=1S/C15H26O3/c1-2-15-10-13(9-12(15)6-8-16-11-15)18-14-5-3-4-7-17-14/h12-14H,2-11H2,1H3. The van der Waals surface area contributed by atoms with Gasteiger partial charge in [-0.1, -0.05) is 6.92 Å². The van der Waals surface area contributed by atoms with E-state index in [9.17, 15) is 0 Å². The summed E-state index contributed by atoms with van der Waals surface area (Å²) in [5.74, 6) is 0.810. The van der Waals surface area contributed by atoms with Crippen molar-refractivity contribution in [3.8, 4) is 0 Å². The predicted octanol–water partition coefficient (Wildman–Crippen LogP) is 3.12. The van der Waals surface area contributed by atoms with Gasteiger partial charge in [-0.25, -0.2) is 0 Å². The van der Waals surface area contributed by atoms with Gasteiger partial charge in [-0.15, -0.1) is 0 Å². The highest BCUT2D eigenvalue weighted by Crippen LogP contribution is 2.51. The Morgan fingerprint density at radius 3 is 2.89 bits per heavy atom. The monoisotopic (exact) mass is 254 g/mol. The second-order valence-corrected chi connectivity index (χ2v) is 6.25. The number of fused-ring (bicyclic) bond motifs is 1. The molecule has 1 aliphatic carbocycles. The van der Waals surface area contributed by atoms with E-state index in [1.807, 2.05) is 0 Å². The third-order valence-electron chi connectivity index (χ3n) is 5.23. The van der Waals surface area contributed by atoms with E-state index in [4.69, 9.17) is 14.2 Å². The van der Waals surface area contributed by atoms with Crippen LogP contribution in [0.25, 0.3) is 0 Å². The molecule has 4 unspecified atom stereocenters. The molecule has 0 spiro atoms. The smallest absolute Gasteiger partial charge is 0.157 e. The molecule has 104 valence electrons. The van der Waals surface area contributed by atoms with Gasteiger partial charge in [0.2, 0.25) is 0 Å². The van der Waals surface area contributed by atoms with Gasteiger partial charge in [-0.05, 0) is 56.3 Å². The molecule has 3 aliphatic rings. The molecule has 0 aromatic carbocycles. The highest BCUT2D eigenvalue weighted by molar-refractivity contribution is 4.97. The van der Waals surface area contributed by atoms with Crippen LogP contribution in [0.2, 0.25) is 0 Å². The van der Waals surface area contributed by atoms with Gasteiger partial charge in [-0.3, -0.25) is 0 Å². The molecule has 0 radical (unpaired) electrons. The van der Waals surface area contributed by atoms with Crippen LogP contribution in [0, 0.1) is 11.3 Å². The molecule has 0 aromatic heterocycles. The first-order chi connectivity index (χ1) is 8.82. The van der Waals surface area contributed by atoms with Crippen LogP contribution in [0.4, 0.5) is 0 Å². The van der Waals surface area contributed by atoms with Gasteiger partial charge in [0.1, 0.15) is 0 Å². The Morgan fingerprint density at radius 1 is 1.22 bits per heavy atom. The molecule has 3 fully saturated rings. The van der Waals surface area contributed by atoms with Crippen LogP contribution in [-0.2, 0) is 14.2 Å². The molecule has 0 amide bonds. The van der Waals surface area contributed by atoms with Crippen molar-refractivity contribution in [2.24, 2.45) is 11.3 Å². The van der Waals surface area contributed by atoms with E-state index in [2.05, 4.69) is 6.92 Å². The van der Waals surface area contributed by atoms with Crippen LogP contribution < -0.4 is 0 Å². The van der Waals surface area contributed by atoms with Crippen molar-refractivity contribution in [2.75, 3.05) is 19.8 Å². The molecular formula is C15H26O3. The fourth-order valence-corrected chi connectivity index (χ4v) is 4.04.